The molecule has 0 saturated carbocycles. The number of aromatic nitrogens is 1. The molecule has 3 heteroatoms. The summed E-state index contributed by atoms with van der Waals surface area (Å²) < 4.78 is 5.65. The number of benzene rings is 1. The molecule has 0 amide bonds. The molecule has 0 aliphatic heterocycles. The maximum Gasteiger partial charge on any atom is 0.119 e. The van der Waals surface area contributed by atoms with E-state index >= 15 is 0 Å². The molecular formula is C17H22N2O. The molecule has 1 aromatic carbocycles. The van der Waals surface area contributed by atoms with E-state index < -0.39 is 0 Å². The Kier molecular flexibility index (Phi) is 5.13. The largest absolute Gasteiger partial charge is 0.491 e. The summed E-state index contributed by atoms with van der Waals surface area (Å²) >= 11 is 0. The van der Waals surface area contributed by atoms with Crippen molar-refractivity contribution in [3.63, 3.8) is 0 Å². The first-order valence-corrected chi connectivity index (χ1v) is 7.05. The van der Waals surface area contributed by atoms with Crippen molar-refractivity contribution in [2.24, 2.45) is 0 Å². The van der Waals surface area contributed by atoms with Gasteiger partial charge in [0.2, 0.25) is 0 Å². The van der Waals surface area contributed by atoms with Crippen LogP contribution in [0.1, 0.15) is 38.1 Å². The standard InChI is InChI=1S/C17H22N2O/c1-13(2)20-17-9-7-15(8-10-17)14(3)19-12-16-6-4-5-11-18-16/h4-11,13-14,19H,12H2,1-3H3. The molecule has 106 valence electrons. The highest BCUT2D eigenvalue weighted by Crippen LogP contribution is 2.18. The molecule has 1 N–H and O–H groups in total. The number of nitrogens with one attached hydrogen (secondary N) is 1. The zero-order chi connectivity index (χ0) is 14.4. The minimum Gasteiger partial charge on any atom is -0.491 e. The highest BCUT2D eigenvalue weighted by Gasteiger charge is 2.06. The van der Waals surface area contributed by atoms with Gasteiger partial charge in [-0.3, -0.25) is 4.98 Å². The molecule has 2 rings (SSSR count). The van der Waals surface area contributed by atoms with Crippen LogP contribution in [0.3, 0.4) is 0 Å². The van der Waals surface area contributed by atoms with Crippen molar-refractivity contribution < 1.29 is 4.74 Å². The van der Waals surface area contributed by atoms with E-state index in [1.165, 1.54) is 5.56 Å². The molecule has 0 radical (unpaired) electrons. The first-order valence-electron chi connectivity index (χ1n) is 7.05. The SMILES string of the molecule is CC(C)Oc1ccc(C(C)NCc2ccccn2)cc1. The molecule has 0 aliphatic rings. The van der Waals surface area contributed by atoms with E-state index in [0.717, 1.165) is 18.0 Å². The Labute approximate surface area is 121 Å². The molecule has 1 aromatic heterocycles. The second kappa shape index (κ2) is 7.06. The molecule has 2 aromatic rings. The third-order valence-corrected chi connectivity index (χ3v) is 3.07. The van der Waals surface area contributed by atoms with Crippen molar-refractivity contribution >= 4 is 0 Å². The summed E-state index contributed by atoms with van der Waals surface area (Å²) in [5.41, 5.74) is 2.30. The van der Waals surface area contributed by atoms with Gasteiger partial charge in [0.05, 0.1) is 11.8 Å². The van der Waals surface area contributed by atoms with Crippen molar-refractivity contribution in [3.05, 3.63) is 59.9 Å². The summed E-state index contributed by atoms with van der Waals surface area (Å²) in [5, 5.41) is 3.47. The first-order chi connectivity index (χ1) is 9.65. The van der Waals surface area contributed by atoms with Gasteiger partial charge >= 0.3 is 0 Å². The van der Waals surface area contributed by atoms with Gasteiger partial charge in [0.25, 0.3) is 0 Å². The number of pyridine rings is 1. The highest BCUT2D eigenvalue weighted by molar-refractivity contribution is 5.29. The molecule has 0 bridgehead atoms. The van der Waals surface area contributed by atoms with E-state index in [-0.39, 0.29) is 12.1 Å². The summed E-state index contributed by atoms with van der Waals surface area (Å²) in [6, 6.07) is 14.5. The molecule has 1 unspecified atom stereocenters. The maximum absolute atomic E-state index is 5.65. The van der Waals surface area contributed by atoms with Gasteiger partial charge < -0.3 is 10.1 Å². The minimum atomic E-state index is 0.209. The molecular weight excluding hydrogens is 248 g/mol. The maximum atomic E-state index is 5.65. The van der Waals surface area contributed by atoms with E-state index in [1.807, 2.05) is 50.4 Å². The fourth-order valence-corrected chi connectivity index (χ4v) is 1.99. The van der Waals surface area contributed by atoms with Crippen LogP contribution in [0.2, 0.25) is 0 Å². The molecule has 3 nitrogen and oxygen atoms in total. The van der Waals surface area contributed by atoms with E-state index in [1.54, 1.807) is 0 Å². The third-order valence-electron chi connectivity index (χ3n) is 3.07. The van der Waals surface area contributed by atoms with Crippen LogP contribution in [-0.4, -0.2) is 11.1 Å². The Balaban J connectivity index is 1.90. The van der Waals surface area contributed by atoms with Gasteiger partial charge in [0, 0.05) is 18.8 Å². The Morgan fingerprint density at radius 3 is 2.40 bits per heavy atom. The van der Waals surface area contributed by atoms with Crippen molar-refractivity contribution in [1.82, 2.24) is 10.3 Å². The number of ether oxygens (including phenoxy) is 1. The van der Waals surface area contributed by atoms with E-state index in [0.29, 0.717) is 0 Å². The van der Waals surface area contributed by atoms with Crippen molar-refractivity contribution in [1.29, 1.82) is 0 Å². The van der Waals surface area contributed by atoms with Crippen LogP contribution in [-0.2, 0) is 6.54 Å². The quantitative estimate of drug-likeness (QED) is 0.868. The normalized spacial score (nSPS) is 12.4. The minimum absolute atomic E-state index is 0.209. The van der Waals surface area contributed by atoms with Crippen LogP contribution < -0.4 is 10.1 Å². The number of rotatable bonds is 6. The molecule has 0 aliphatic carbocycles. The fraction of sp³-hybridized carbons (Fsp3) is 0.353. The van der Waals surface area contributed by atoms with Crippen LogP contribution in [0, 0.1) is 0 Å². The fourth-order valence-electron chi connectivity index (χ4n) is 1.99. The van der Waals surface area contributed by atoms with Crippen LogP contribution in [0.15, 0.2) is 48.7 Å². The summed E-state index contributed by atoms with van der Waals surface area (Å²) in [6.45, 7) is 6.99. The lowest BCUT2D eigenvalue weighted by Gasteiger charge is -2.15. The Hall–Kier alpha value is -1.87. The van der Waals surface area contributed by atoms with Crippen molar-refractivity contribution in [2.45, 2.75) is 39.5 Å². The van der Waals surface area contributed by atoms with Gasteiger partial charge in [-0.05, 0) is 50.6 Å². The van der Waals surface area contributed by atoms with Gasteiger partial charge in [0.15, 0.2) is 0 Å². The summed E-state index contributed by atoms with van der Waals surface area (Å²) in [4.78, 5) is 4.31. The smallest absolute Gasteiger partial charge is 0.119 e. The monoisotopic (exact) mass is 270 g/mol. The van der Waals surface area contributed by atoms with Crippen molar-refractivity contribution in [3.8, 4) is 5.75 Å². The van der Waals surface area contributed by atoms with Gasteiger partial charge in [-0.2, -0.15) is 0 Å². The lowest BCUT2D eigenvalue weighted by molar-refractivity contribution is 0.242. The Morgan fingerprint density at radius 1 is 1.05 bits per heavy atom. The van der Waals surface area contributed by atoms with Crippen LogP contribution in [0.25, 0.3) is 0 Å². The highest BCUT2D eigenvalue weighted by atomic mass is 16.5. The van der Waals surface area contributed by atoms with Crippen LogP contribution >= 0.6 is 0 Å². The van der Waals surface area contributed by atoms with E-state index in [4.69, 9.17) is 4.74 Å². The van der Waals surface area contributed by atoms with Gasteiger partial charge in [-0.15, -0.1) is 0 Å². The van der Waals surface area contributed by atoms with Gasteiger partial charge in [0.1, 0.15) is 5.75 Å². The average Bonchev–Trinajstić information content (AvgIpc) is 2.46. The predicted molar refractivity (Wildman–Crippen MR) is 81.7 cm³/mol. The summed E-state index contributed by atoms with van der Waals surface area (Å²) in [7, 11) is 0. The molecule has 1 atom stereocenters. The number of nitrogens with zero attached hydrogens (tertiary/aromatic N) is 1. The topological polar surface area (TPSA) is 34.1 Å². The number of hydrogen-bond donors (Lipinski definition) is 1. The lowest BCUT2D eigenvalue weighted by Crippen LogP contribution is -2.18. The molecule has 0 fully saturated rings. The zero-order valence-corrected chi connectivity index (χ0v) is 12.3. The van der Waals surface area contributed by atoms with Gasteiger partial charge in [-0.25, -0.2) is 0 Å². The van der Waals surface area contributed by atoms with Crippen LogP contribution in [0.4, 0.5) is 0 Å². The third kappa shape index (κ3) is 4.35. The molecule has 20 heavy (non-hydrogen) atoms. The summed E-state index contributed by atoms with van der Waals surface area (Å²) in [6.07, 6.45) is 2.03. The lowest BCUT2D eigenvalue weighted by atomic mass is 10.1. The Morgan fingerprint density at radius 2 is 1.80 bits per heavy atom. The van der Waals surface area contributed by atoms with E-state index in [9.17, 15) is 0 Å². The molecule has 0 saturated heterocycles. The Bertz CT molecular complexity index is 508. The second-order valence-electron chi connectivity index (χ2n) is 5.16. The summed E-state index contributed by atoms with van der Waals surface area (Å²) in [5.74, 6) is 0.917. The molecule has 0 spiro atoms. The first kappa shape index (κ1) is 14.5. The van der Waals surface area contributed by atoms with Crippen molar-refractivity contribution in [2.75, 3.05) is 0 Å². The van der Waals surface area contributed by atoms with Gasteiger partial charge in [-0.1, -0.05) is 18.2 Å². The zero-order valence-electron chi connectivity index (χ0n) is 12.3. The van der Waals surface area contributed by atoms with E-state index in [2.05, 4.69) is 29.4 Å². The predicted octanol–water partition coefficient (Wildman–Crippen LogP) is 3.72. The average molecular weight is 270 g/mol. The number of hydrogen-bond acceptors (Lipinski definition) is 3. The second-order valence-corrected chi connectivity index (χ2v) is 5.16. The van der Waals surface area contributed by atoms with Crippen LogP contribution in [0.5, 0.6) is 5.75 Å². The molecule has 1 heterocycles.